The number of amidine groups is 1. The zero-order chi connectivity index (χ0) is 12.1. The van der Waals surface area contributed by atoms with Crippen LogP contribution in [0.25, 0.3) is 0 Å². The number of hydrogen-bond acceptors (Lipinski definition) is 2. The number of hydrogen-bond donors (Lipinski definition) is 0. The van der Waals surface area contributed by atoms with Crippen molar-refractivity contribution in [2.45, 2.75) is 20.0 Å². The van der Waals surface area contributed by atoms with Gasteiger partial charge in [0.15, 0.2) is 0 Å². The molecule has 0 aromatic rings. The van der Waals surface area contributed by atoms with Gasteiger partial charge in [-0.1, -0.05) is 0 Å². The van der Waals surface area contributed by atoms with Crippen molar-refractivity contribution in [2.75, 3.05) is 20.2 Å². The third-order valence-electron chi connectivity index (χ3n) is 1.69. The fraction of sp³-hybridized carbons (Fsp3) is 0.750. The maximum Gasteiger partial charge on any atom is 0.449 e. The highest BCUT2D eigenvalue weighted by atomic mass is 19.4. The minimum atomic E-state index is -4.65. The summed E-state index contributed by atoms with van der Waals surface area (Å²) in [6.45, 7) is 3.32. The number of rotatable bonds is 2. The molecule has 0 heterocycles. The number of ether oxygens (including phenoxy) is 1. The number of halogens is 3. The van der Waals surface area contributed by atoms with Gasteiger partial charge < -0.3 is 9.64 Å². The molecule has 15 heavy (non-hydrogen) atoms. The first kappa shape index (κ1) is 13.7. The van der Waals surface area contributed by atoms with E-state index in [0.717, 1.165) is 12.0 Å². The molecule has 0 aliphatic rings. The molecule has 0 fully saturated rings. The van der Waals surface area contributed by atoms with Gasteiger partial charge in [-0.2, -0.15) is 18.2 Å². The highest BCUT2D eigenvalue weighted by molar-refractivity contribution is 5.95. The van der Waals surface area contributed by atoms with Crippen LogP contribution in [-0.2, 0) is 4.74 Å². The fourth-order valence-electron chi connectivity index (χ4n) is 0.969. The number of alkyl halides is 3. The summed E-state index contributed by atoms with van der Waals surface area (Å²) in [4.78, 5) is 14.5. The Morgan fingerprint density at radius 3 is 2.07 bits per heavy atom. The average Bonchev–Trinajstić information content (AvgIpc) is 2.16. The second-order valence-electron chi connectivity index (χ2n) is 2.58. The monoisotopic (exact) mass is 226 g/mol. The van der Waals surface area contributed by atoms with Gasteiger partial charge in [-0.3, -0.25) is 0 Å². The van der Waals surface area contributed by atoms with Gasteiger partial charge in [-0.15, -0.1) is 0 Å². The molecule has 0 radical (unpaired) electrons. The molecule has 0 atom stereocenters. The smallest absolute Gasteiger partial charge is 0.449 e. The van der Waals surface area contributed by atoms with E-state index in [9.17, 15) is 18.0 Å². The summed E-state index contributed by atoms with van der Waals surface area (Å²) in [5, 5.41) is 0. The maximum atomic E-state index is 12.5. The van der Waals surface area contributed by atoms with E-state index >= 15 is 0 Å². The Balaban J connectivity index is 5.05. The van der Waals surface area contributed by atoms with Crippen LogP contribution in [0.2, 0.25) is 0 Å². The van der Waals surface area contributed by atoms with E-state index in [4.69, 9.17) is 0 Å². The molecule has 0 aliphatic carbocycles. The molecule has 0 spiro atoms. The van der Waals surface area contributed by atoms with E-state index in [1.807, 2.05) is 0 Å². The van der Waals surface area contributed by atoms with Crippen molar-refractivity contribution in [3.05, 3.63) is 0 Å². The van der Waals surface area contributed by atoms with Crippen molar-refractivity contribution in [1.29, 1.82) is 0 Å². The Kier molecular flexibility index (Phi) is 5.10. The van der Waals surface area contributed by atoms with Crippen molar-refractivity contribution in [2.24, 2.45) is 4.99 Å². The largest absolute Gasteiger partial charge is 0.451 e. The third-order valence-corrected chi connectivity index (χ3v) is 1.69. The molecule has 0 bridgehead atoms. The Hall–Kier alpha value is -1.27. The van der Waals surface area contributed by atoms with Gasteiger partial charge in [0.25, 0.3) is 0 Å². The van der Waals surface area contributed by atoms with Crippen LogP contribution in [0.3, 0.4) is 0 Å². The van der Waals surface area contributed by atoms with Gasteiger partial charge in [0.1, 0.15) is 0 Å². The summed E-state index contributed by atoms with van der Waals surface area (Å²) in [6.07, 6.45) is -5.91. The highest BCUT2D eigenvalue weighted by Gasteiger charge is 2.39. The normalized spacial score (nSPS) is 12.5. The molecule has 0 saturated carbocycles. The van der Waals surface area contributed by atoms with E-state index in [-0.39, 0.29) is 13.1 Å². The predicted molar refractivity (Wildman–Crippen MR) is 48.8 cm³/mol. The second kappa shape index (κ2) is 5.57. The summed E-state index contributed by atoms with van der Waals surface area (Å²) in [6, 6.07) is 0. The molecule has 7 heteroatoms. The molecule has 1 amide bonds. The number of nitrogens with zero attached hydrogens (tertiary/aromatic N) is 2. The zero-order valence-electron chi connectivity index (χ0n) is 8.76. The number of aliphatic imine (C=N–C) groups is 1. The highest BCUT2D eigenvalue weighted by Crippen LogP contribution is 2.20. The van der Waals surface area contributed by atoms with Crippen LogP contribution < -0.4 is 0 Å². The summed E-state index contributed by atoms with van der Waals surface area (Å²) < 4.78 is 41.4. The number of carbonyl (C=O) groups is 1. The van der Waals surface area contributed by atoms with Crippen molar-refractivity contribution in [3.63, 3.8) is 0 Å². The van der Waals surface area contributed by atoms with E-state index in [2.05, 4.69) is 9.73 Å². The molecule has 4 nitrogen and oxygen atoms in total. The van der Waals surface area contributed by atoms with E-state index < -0.39 is 18.1 Å². The van der Waals surface area contributed by atoms with E-state index in [0.29, 0.717) is 0 Å². The summed E-state index contributed by atoms with van der Waals surface area (Å²) in [5.41, 5.74) is 0. The molecule has 0 aromatic carbocycles. The van der Waals surface area contributed by atoms with Gasteiger partial charge in [-0.25, -0.2) is 4.79 Å². The first-order valence-electron chi connectivity index (χ1n) is 4.35. The lowest BCUT2D eigenvalue weighted by Crippen LogP contribution is -2.41. The van der Waals surface area contributed by atoms with Crippen molar-refractivity contribution < 1.29 is 22.7 Å². The lowest BCUT2D eigenvalue weighted by molar-refractivity contribution is -0.0687. The van der Waals surface area contributed by atoms with E-state index in [1.165, 1.54) is 0 Å². The Bertz CT molecular complexity index is 247. The first-order valence-corrected chi connectivity index (χ1v) is 4.35. The summed E-state index contributed by atoms with van der Waals surface area (Å²) in [5.74, 6) is -1.22. The molecule has 0 aliphatic heterocycles. The molecule has 88 valence electrons. The molecule has 0 saturated heterocycles. The molecular weight excluding hydrogens is 213 g/mol. The van der Waals surface area contributed by atoms with Gasteiger partial charge in [0.05, 0.1) is 7.11 Å². The van der Waals surface area contributed by atoms with Crippen LogP contribution in [0.4, 0.5) is 18.0 Å². The lowest BCUT2D eigenvalue weighted by atomic mass is 10.4. The quantitative estimate of drug-likeness (QED) is 0.534. The van der Waals surface area contributed by atoms with Gasteiger partial charge in [0.2, 0.25) is 5.84 Å². The Morgan fingerprint density at radius 1 is 1.33 bits per heavy atom. The SMILES string of the molecule is CCN(CC)/C(=N/C(=O)OC)C(F)(F)F. The van der Waals surface area contributed by atoms with Crippen molar-refractivity contribution in [1.82, 2.24) is 4.90 Å². The van der Waals surface area contributed by atoms with Crippen LogP contribution in [0, 0.1) is 0 Å². The first-order chi connectivity index (χ1) is 6.86. The number of carbonyl (C=O) groups excluding carboxylic acids is 1. The topological polar surface area (TPSA) is 41.9 Å². The second-order valence-corrected chi connectivity index (χ2v) is 2.58. The fourth-order valence-corrected chi connectivity index (χ4v) is 0.969. The lowest BCUT2D eigenvalue weighted by Gasteiger charge is -2.23. The summed E-state index contributed by atoms with van der Waals surface area (Å²) in [7, 11) is 0.974. The van der Waals surface area contributed by atoms with Crippen LogP contribution in [0.5, 0.6) is 0 Å². The molecule has 0 aromatic heterocycles. The maximum absolute atomic E-state index is 12.5. The molecule has 0 N–H and O–H groups in total. The van der Waals surface area contributed by atoms with Crippen molar-refractivity contribution in [3.8, 4) is 0 Å². The number of methoxy groups -OCH3 is 1. The Labute approximate surface area is 85.7 Å². The third kappa shape index (κ3) is 4.18. The van der Waals surface area contributed by atoms with Gasteiger partial charge >= 0.3 is 12.3 Å². The van der Waals surface area contributed by atoms with Gasteiger partial charge in [0, 0.05) is 13.1 Å². The standard InChI is InChI=1S/C8H13F3N2O2/c1-4-13(5-2)6(8(9,10)11)12-7(14)15-3/h4-5H2,1-3H3/b12-6+. The number of amides is 1. The molecular formula is C8H13F3N2O2. The van der Waals surface area contributed by atoms with Gasteiger partial charge in [-0.05, 0) is 13.8 Å². The van der Waals surface area contributed by atoms with Crippen LogP contribution >= 0.6 is 0 Å². The Morgan fingerprint density at radius 2 is 1.80 bits per heavy atom. The van der Waals surface area contributed by atoms with Crippen LogP contribution in [-0.4, -0.2) is 43.2 Å². The molecule has 0 rings (SSSR count). The minimum absolute atomic E-state index is 0.117. The molecule has 0 unspecified atom stereocenters. The predicted octanol–water partition coefficient (Wildman–Crippen LogP) is 2.06. The van der Waals surface area contributed by atoms with Crippen LogP contribution in [0.15, 0.2) is 4.99 Å². The average molecular weight is 226 g/mol. The van der Waals surface area contributed by atoms with E-state index in [1.54, 1.807) is 13.8 Å². The van der Waals surface area contributed by atoms with Crippen LogP contribution in [0.1, 0.15) is 13.8 Å². The minimum Gasteiger partial charge on any atom is -0.451 e. The van der Waals surface area contributed by atoms with Crippen molar-refractivity contribution >= 4 is 11.9 Å². The summed E-state index contributed by atoms with van der Waals surface area (Å²) >= 11 is 0. The zero-order valence-corrected chi connectivity index (χ0v) is 8.76.